The Balaban J connectivity index is 2.55. The fraction of sp³-hybridized carbons (Fsp3) is 0.143. The first-order valence-corrected chi connectivity index (χ1v) is 8.26. The number of hydrogen-bond acceptors (Lipinski definition) is 2. The molecule has 0 radical (unpaired) electrons. The van der Waals surface area contributed by atoms with Crippen LogP contribution in [0.15, 0.2) is 39.3 Å². The van der Waals surface area contributed by atoms with E-state index in [1.807, 2.05) is 18.2 Å². The van der Waals surface area contributed by atoms with Gasteiger partial charge in [0, 0.05) is 25.2 Å². The fourth-order valence-electron chi connectivity index (χ4n) is 1.83. The van der Waals surface area contributed by atoms with Gasteiger partial charge in [-0.25, -0.2) is 4.39 Å². The third kappa shape index (κ3) is 3.35. The van der Waals surface area contributed by atoms with Crippen molar-refractivity contribution >= 4 is 54.5 Å². The van der Waals surface area contributed by atoms with Crippen LogP contribution in [0.1, 0.15) is 17.2 Å². The highest BCUT2D eigenvalue weighted by Gasteiger charge is 2.20. The van der Waals surface area contributed by atoms with Crippen molar-refractivity contribution in [3.8, 4) is 5.75 Å². The van der Waals surface area contributed by atoms with Crippen LogP contribution in [0.25, 0.3) is 0 Å². The zero-order valence-electron chi connectivity index (χ0n) is 10.3. The van der Waals surface area contributed by atoms with Crippen LogP contribution in [-0.2, 0) is 0 Å². The minimum Gasteiger partial charge on any atom is -0.496 e. The maximum atomic E-state index is 13.5. The van der Waals surface area contributed by atoms with Gasteiger partial charge in [-0.3, -0.25) is 0 Å². The number of rotatable bonds is 3. The summed E-state index contributed by atoms with van der Waals surface area (Å²) in [6.45, 7) is 0. The number of methoxy groups -OCH3 is 1. The van der Waals surface area contributed by atoms with Gasteiger partial charge in [0.05, 0.1) is 11.6 Å². The summed E-state index contributed by atoms with van der Waals surface area (Å²) < 4.78 is 20.8. The van der Waals surface area contributed by atoms with Crippen molar-refractivity contribution in [2.45, 2.75) is 6.10 Å². The van der Waals surface area contributed by atoms with Gasteiger partial charge in [0.25, 0.3) is 0 Å². The minimum atomic E-state index is -0.911. The molecule has 0 aliphatic heterocycles. The summed E-state index contributed by atoms with van der Waals surface area (Å²) >= 11 is 8.72. The molecule has 0 aliphatic carbocycles. The summed E-state index contributed by atoms with van der Waals surface area (Å²) in [5.74, 6) is -0.122. The molecule has 0 aliphatic rings. The van der Waals surface area contributed by atoms with Crippen LogP contribution in [0, 0.1) is 9.39 Å². The maximum Gasteiger partial charge on any atom is 0.141 e. The van der Waals surface area contributed by atoms with Gasteiger partial charge >= 0.3 is 0 Å². The highest BCUT2D eigenvalue weighted by molar-refractivity contribution is 14.1. The molecule has 1 unspecified atom stereocenters. The van der Waals surface area contributed by atoms with Crippen LogP contribution in [0.5, 0.6) is 5.75 Å². The zero-order chi connectivity index (χ0) is 14.9. The first-order chi connectivity index (χ1) is 9.43. The number of ether oxygens (including phenoxy) is 1. The summed E-state index contributed by atoms with van der Waals surface area (Å²) in [6, 6.07) is 8.45. The van der Waals surface area contributed by atoms with Gasteiger partial charge in [-0.15, -0.1) is 0 Å². The van der Waals surface area contributed by atoms with E-state index in [0.717, 1.165) is 8.04 Å². The van der Waals surface area contributed by atoms with E-state index >= 15 is 0 Å². The molecule has 0 fully saturated rings. The molecule has 1 N–H and O–H groups in total. The minimum absolute atomic E-state index is 0.286. The molecule has 2 aromatic rings. The summed E-state index contributed by atoms with van der Waals surface area (Å²) in [4.78, 5) is 0. The van der Waals surface area contributed by atoms with Gasteiger partial charge in [0.15, 0.2) is 0 Å². The zero-order valence-corrected chi connectivity index (χ0v) is 15.7. The average Bonchev–Trinajstić information content (AvgIpc) is 2.43. The number of aliphatic hydroxyl groups is 1. The molecule has 0 amide bonds. The van der Waals surface area contributed by atoms with Crippen molar-refractivity contribution < 1.29 is 14.2 Å². The second-order valence-electron chi connectivity index (χ2n) is 4.08. The molecule has 0 spiro atoms. The number of aliphatic hydroxyl groups excluding tert-OH is 1. The highest BCUT2D eigenvalue weighted by Crippen LogP contribution is 2.36. The Morgan fingerprint density at radius 2 is 1.85 bits per heavy atom. The summed E-state index contributed by atoms with van der Waals surface area (Å²) in [6.07, 6.45) is -0.911. The van der Waals surface area contributed by atoms with Crippen LogP contribution in [-0.4, -0.2) is 12.2 Å². The van der Waals surface area contributed by atoms with Crippen LogP contribution in [0.3, 0.4) is 0 Å². The first-order valence-electron chi connectivity index (χ1n) is 5.60. The molecule has 1 atom stereocenters. The van der Waals surface area contributed by atoms with Crippen LogP contribution in [0.2, 0.25) is 0 Å². The monoisotopic (exact) mass is 514 g/mol. The molecule has 6 heteroatoms. The van der Waals surface area contributed by atoms with E-state index in [9.17, 15) is 9.50 Å². The largest absolute Gasteiger partial charge is 0.496 e. The Kier molecular flexibility index (Phi) is 5.44. The van der Waals surface area contributed by atoms with Gasteiger partial charge in [-0.2, -0.15) is 0 Å². The molecule has 2 nitrogen and oxygen atoms in total. The van der Waals surface area contributed by atoms with Crippen molar-refractivity contribution in [1.82, 2.24) is 0 Å². The van der Waals surface area contributed by atoms with Crippen molar-refractivity contribution in [2.24, 2.45) is 0 Å². The van der Waals surface area contributed by atoms with Gasteiger partial charge in [0.1, 0.15) is 17.7 Å². The lowest BCUT2D eigenvalue weighted by Gasteiger charge is -2.17. The molecule has 20 heavy (non-hydrogen) atoms. The predicted molar refractivity (Wildman–Crippen MR) is 91.6 cm³/mol. The fourth-order valence-corrected chi connectivity index (χ4v) is 3.17. The van der Waals surface area contributed by atoms with E-state index < -0.39 is 11.9 Å². The van der Waals surface area contributed by atoms with E-state index in [1.165, 1.54) is 19.2 Å². The van der Waals surface area contributed by atoms with E-state index in [4.69, 9.17) is 4.74 Å². The molecule has 0 aromatic heterocycles. The van der Waals surface area contributed by atoms with Gasteiger partial charge in [0.2, 0.25) is 0 Å². The smallest absolute Gasteiger partial charge is 0.141 e. The standard InChI is InChI=1S/C14H10Br2FIO2/c1-20-13-6-12(17)11(16)5-9(13)14(19)8-4-7(18)2-3-10(8)15/h2-6,14,19H,1H3. The van der Waals surface area contributed by atoms with Gasteiger partial charge < -0.3 is 9.84 Å². The Bertz CT molecular complexity index is 649. The molecule has 0 heterocycles. The molecule has 0 saturated carbocycles. The quantitative estimate of drug-likeness (QED) is 0.580. The number of halogens is 4. The first kappa shape index (κ1) is 16.2. The topological polar surface area (TPSA) is 29.5 Å². The third-order valence-corrected chi connectivity index (χ3v) is 4.82. The molecular formula is C14H10Br2FIO2. The SMILES string of the molecule is COc1cc(F)c(Br)cc1C(O)c1cc(I)ccc1Br. The lowest BCUT2D eigenvalue weighted by atomic mass is 10.0. The molecule has 106 valence electrons. The molecule has 2 rings (SSSR count). The van der Waals surface area contributed by atoms with Crippen molar-refractivity contribution in [3.63, 3.8) is 0 Å². The van der Waals surface area contributed by atoms with Crippen LogP contribution in [0.4, 0.5) is 4.39 Å². The van der Waals surface area contributed by atoms with Gasteiger partial charge in [-0.05, 0) is 62.8 Å². The molecule has 0 saturated heterocycles. The lowest BCUT2D eigenvalue weighted by Crippen LogP contribution is -2.04. The summed E-state index contributed by atoms with van der Waals surface area (Å²) in [7, 11) is 1.45. The van der Waals surface area contributed by atoms with Crippen molar-refractivity contribution in [2.75, 3.05) is 7.11 Å². The highest BCUT2D eigenvalue weighted by atomic mass is 127. The second-order valence-corrected chi connectivity index (χ2v) is 7.03. The Morgan fingerprint density at radius 3 is 2.50 bits per heavy atom. The number of hydrogen-bond donors (Lipinski definition) is 1. The van der Waals surface area contributed by atoms with Gasteiger partial charge in [-0.1, -0.05) is 15.9 Å². The maximum absolute atomic E-state index is 13.5. The van der Waals surface area contributed by atoms with E-state index in [-0.39, 0.29) is 4.47 Å². The normalized spacial score (nSPS) is 12.3. The van der Waals surface area contributed by atoms with Crippen LogP contribution >= 0.6 is 54.5 Å². The summed E-state index contributed by atoms with van der Waals surface area (Å²) in [5.41, 5.74) is 1.21. The predicted octanol–water partition coefficient (Wildman–Crippen LogP) is 5.05. The van der Waals surface area contributed by atoms with E-state index in [0.29, 0.717) is 16.9 Å². The van der Waals surface area contributed by atoms with Crippen LogP contribution < -0.4 is 4.74 Å². The van der Waals surface area contributed by atoms with Crippen molar-refractivity contribution in [3.05, 3.63) is 59.8 Å². The Hall–Kier alpha value is -0.180. The van der Waals surface area contributed by atoms with E-state index in [1.54, 1.807) is 0 Å². The molecule has 2 aromatic carbocycles. The average molecular weight is 516 g/mol. The Morgan fingerprint density at radius 1 is 1.15 bits per heavy atom. The van der Waals surface area contributed by atoms with E-state index in [2.05, 4.69) is 54.5 Å². The molecule has 0 bridgehead atoms. The Labute approximate surface area is 146 Å². The molecular weight excluding hydrogens is 506 g/mol. The lowest BCUT2D eigenvalue weighted by molar-refractivity contribution is 0.213. The second kappa shape index (κ2) is 6.72. The number of benzene rings is 2. The summed E-state index contributed by atoms with van der Waals surface area (Å²) in [5, 5.41) is 10.6. The van der Waals surface area contributed by atoms with Crippen molar-refractivity contribution in [1.29, 1.82) is 0 Å². The third-order valence-electron chi connectivity index (χ3n) is 2.82.